The van der Waals surface area contributed by atoms with Gasteiger partial charge in [-0.3, -0.25) is 4.79 Å². The van der Waals surface area contributed by atoms with E-state index in [1.165, 1.54) is 0 Å². The van der Waals surface area contributed by atoms with Gasteiger partial charge in [-0.15, -0.1) is 0 Å². The van der Waals surface area contributed by atoms with Gasteiger partial charge < -0.3 is 19.8 Å². The highest BCUT2D eigenvalue weighted by molar-refractivity contribution is 5.76. The zero-order valence-electron chi connectivity index (χ0n) is 13.8. The van der Waals surface area contributed by atoms with Crippen LogP contribution in [0, 0.1) is 11.8 Å². The smallest absolute Gasteiger partial charge is 0.311 e. The first-order chi connectivity index (χ1) is 10.3. The summed E-state index contributed by atoms with van der Waals surface area (Å²) in [6, 6.07) is 0. The fourth-order valence-electron chi connectivity index (χ4n) is 3.30. The second kappa shape index (κ2) is 6.94. The van der Waals surface area contributed by atoms with Crippen molar-refractivity contribution in [2.75, 3.05) is 20.6 Å². The lowest BCUT2D eigenvalue weighted by atomic mass is 9.82. The van der Waals surface area contributed by atoms with Crippen molar-refractivity contribution in [3.05, 3.63) is 23.3 Å². The van der Waals surface area contributed by atoms with Gasteiger partial charge in [-0.05, 0) is 52.4 Å². The summed E-state index contributed by atoms with van der Waals surface area (Å²) in [7, 11) is 3.80. The Balaban J connectivity index is 2.37. The van der Waals surface area contributed by atoms with Gasteiger partial charge in [0.15, 0.2) is 0 Å². The minimum Gasteiger partial charge on any atom is -0.457 e. The van der Waals surface area contributed by atoms with Crippen molar-refractivity contribution in [3.8, 4) is 0 Å². The van der Waals surface area contributed by atoms with Gasteiger partial charge in [-0.1, -0.05) is 11.6 Å². The first kappa shape index (κ1) is 17.2. The number of ether oxygens (including phenoxy) is 1. The normalized spacial score (nSPS) is 41.2. The SMILES string of the molecule is C/C1=C\C(O)C2C(CN(C)C)C(=O)O[C@H]2/C=C(\C)[C@@H](O)CC1. The number of nitrogens with zero attached hydrogens (tertiary/aromatic N) is 1. The highest BCUT2D eigenvalue weighted by Crippen LogP contribution is 2.35. The number of aliphatic hydroxyl groups is 2. The molecule has 5 heteroatoms. The monoisotopic (exact) mass is 309 g/mol. The maximum absolute atomic E-state index is 12.2. The maximum atomic E-state index is 12.2. The summed E-state index contributed by atoms with van der Waals surface area (Å²) in [5, 5.41) is 20.8. The molecule has 5 nitrogen and oxygen atoms in total. The Morgan fingerprint density at radius 3 is 2.59 bits per heavy atom. The second-order valence-corrected chi connectivity index (χ2v) is 6.82. The minimum absolute atomic E-state index is 0.272. The van der Waals surface area contributed by atoms with Crippen molar-refractivity contribution < 1.29 is 19.7 Å². The number of carbonyl (C=O) groups excluding carboxylic acids is 1. The van der Waals surface area contributed by atoms with Crippen molar-refractivity contribution >= 4 is 5.97 Å². The molecule has 0 radical (unpaired) electrons. The van der Waals surface area contributed by atoms with Gasteiger partial charge >= 0.3 is 5.97 Å². The van der Waals surface area contributed by atoms with Crippen molar-refractivity contribution in [2.45, 2.75) is 45.0 Å². The van der Waals surface area contributed by atoms with Crippen LogP contribution >= 0.6 is 0 Å². The predicted octanol–water partition coefficient (Wildman–Crippen LogP) is 1.11. The molecule has 1 aliphatic heterocycles. The summed E-state index contributed by atoms with van der Waals surface area (Å²) in [6.07, 6.45) is 3.22. The molecular formula is C17H27NO4. The van der Waals surface area contributed by atoms with Gasteiger partial charge in [0.05, 0.1) is 18.1 Å². The molecule has 2 aliphatic rings. The van der Waals surface area contributed by atoms with E-state index in [9.17, 15) is 15.0 Å². The predicted molar refractivity (Wildman–Crippen MR) is 84.2 cm³/mol. The first-order valence-electron chi connectivity index (χ1n) is 7.86. The molecule has 0 saturated carbocycles. The van der Waals surface area contributed by atoms with E-state index in [-0.39, 0.29) is 17.8 Å². The fourth-order valence-corrected chi connectivity index (χ4v) is 3.30. The van der Waals surface area contributed by atoms with Crippen LogP contribution in [0.5, 0.6) is 0 Å². The number of rotatable bonds is 2. The van der Waals surface area contributed by atoms with E-state index in [4.69, 9.17) is 4.74 Å². The molecule has 2 rings (SSSR count). The molecule has 1 fully saturated rings. The van der Waals surface area contributed by atoms with Crippen LogP contribution in [0.4, 0.5) is 0 Å². The van der Waals surface area contributed by atoms with E-state index in [1.807, 2.05) is 38.9 Å². The molecule has 1 aliphatic carbocycles. The van der Waals surface area contributed by atoms with E-state index < -0.39 is 18.3 Å². The Morgan fingerprint density at radius 2 is 1.95 bits per heavy atom. The molecule has 5 atom stereocenters. The van der Waals surface area contributed by atoms with Crippen molar-refractivity contribution in [1.82, 2.24) is 4.90 Å². The molecule has 2 N–H and O–H groups in total. The average molecular weight is 309 g/mol. The molecule has 124 valence electrons. The Morgan fingerprint density at radius 1 is 1.27 bits per heavy atom. The molecule has 0 amide bonds. The van der Waals surface area contributed by atoms with E-state index in [0.717, 1.165) is 17.6 Å². The van der Waals surface area contributed by atoms with Crippen LogP contribution < -0.4 is 0 Å². The number of fused-ring (bicyclic) bond motifs is 1. The molecule has 0 aromatic heterocycles. The lowest BCUT2D eigenvalue weighted by Gasteiger charge is -2.26. The zero-order valence-corrected chi connectivity index (χ0v) is 13.8. The van der Waals surface area contributed by atoms with E-state index in [1.54, 1.807) is 6.08 Å². The van der Waals surface area contributed by atoms with Crippen LogP contribution in [0.25, 0.3) is 0 Å². The molecule has 0 bridgehead atoms. The van der Waals surface area contributed by atoms with Crippen LogP contribution in [-0.2, 0) is 9.53 Å². The van der Waals surface area contributed by atoms with Crippen LogP contribution in [0.3, 0.4) is 0 Å². The van der Waals surface area contributed by atoms with Gasteiger partial charge in [0.1, 0.15) is 6.10 Å². The summed E-state index contributed by atoms with van der Waals surface area (Å²) in [4.78, 5) is 14.1. The summed E-state index contributed by atoms with van der Waals surface area (Å²) >= 11 is 0. The summed E-state index contributed by atoms with van der Waals surface area (Å²) in [5.41, 5.74) is 1.83. The summed E-state index contributed by atoms with van der Waals surface area (Å²) < 4.78 is 5.49. The summed E-state index contributed by atoms with van der Waals surface area (Å²) in [5.74, 6) is -0.948. The van der Waals surface area contributed by atoms with Crippen molar-refractivity contribution in [3.63, 3.8) is 0 Å². The van der Waals surface area contributed by atoms with Crippen LogP contribution in [-0.4, -0.2) is 60.0 Å². The Kier molecular flexibility index (Phi) is 5.42. The minimum atomic E-state index is -0.722. The third-order valence-electron chi connectivity index (χ3n) is 4.58. The van der Waals surface area contributed by atoms with Crippen LogP contribution in [0.2, 0.25) is 0 Å². The number of carbonyl (C=O) groups is 1. The van der Waals surface area contributed by atoms with Crippen LogP contribution in [0.15, 0.2) is 23.3 Å². The van der Waals surface area contributed by atoms with Crippen LogP contribution in [0.1, 0.15) is 26.7 Å². The quantitative estimate of drug-likeness (QED) is 0.591. The Hall–Kier alpha value is -1.17. The Labute approximate surface area is 132 Å². The topological polar surface area (TPSA) is 70.0 Å². The summed E-state index contributed by atoms with van der Waals surface area (Å²) in [6.45, 7) is 4.34. The largest absolute Gasteiger partial charge is 0.457 e. The third-order valence-corrected chi connectivity index (χ3v) is 4.58. The van der Waals surface area contributed by atoms with Crippen molar-refractivity contribution in [1.29, 1.82) is 0 Å². The molecule has 1 saturated heterocycles. The van der Waals surface area contributed by atoms with Crippen molar-refractivity contribution in [2.24, 2.45) is 11.8 Å². The second-order valence-electron chi connectivity index (χ2n) is 6.82. The van der Waals surface area contributed by atoms with Gasteiger partial charge in [-0.2, -0.15) is 0 Å². The first-order valence-corrected chi connectivity index (χ1v) is 7.86. The van der Waals surface area contributed by atoms with Gasteiger partial charge in [0.25, 0.3) is 0 Å². The lowest BCUT2D eigenvalue weighted by Crippen LogP contribution is -2.37. The molecule has 0 aromatic rings. The molecule has 22 heavy (non-hydrogen) atoms. The number of esters is 1. The van der Waals surface area contributed by atoms with Gasteiger partial charge in [0, 0.05) is 12.5 Å². The van der Waals surface area contributed by atoms with E-state index in [2.05, 4.69) is 0 Å². The number of hydrogen-bond donors (Lipinski definition) is 2. The molecule has 3 unspecified atom stereocenters. The lowest BCUT2D eigenvalue weighted by molar-refractivity contribution is -0.143. The molecule has 0 aromatic carbocycles. The number of hydrogen-bond acceptors (Lipinski definition) is 5. The average Bonchev–Trinajstić information content (AvgIpc) is 2.70. The maximum Gasteiger partial charge on any atom is 0.311 e. The molecule has 0 spiro atoms. The third kappa shape index (κ3) is 3.77. The molecule has 1 heterocycles. The number of allylic oxidation sites excluding steroid dienone is 1. The fraction of sp³-hybridized carbons (Fsp3) is 0.706. The highest BCUT2D eigenvalue weighted by atomic mass is 16.6. The van der Waals surface area contributed by atoms with Gasteiger partial charge in [0.2, 0.25) is 0 Å². The zero-order chi connectivity index (χ0) is 16.4. The molecular weight excluding hydrogens is 282 g/mol. The van der Waals surface area contributed by atoms with Gasteiger partial charge in [-0.25, -0.2) is 0 Å². The standard InChI is InChI=1S/C17H27NO4/c1-10-5-6-13(19)11(2)8-15-16(14(20)7-10)12(9-18(3)4)17(21)22-15/h7-8,12-16,19-20H,5-6,9H2,1-4H3/b10-7+,11-8+/t12?,13-,14?,15-,16?/m0/s1. The highest BCUT2D eigenvalue weighted by Gasteiger charge is 2.47. The number of aliphatic hydroxyl groups excluding tert-OH is 2. The van der Waals surface area contributed by atoms with E-state index >= 15 is 0 Å². The van der Waals surface area contributed by atoms with E-state index in [0.29, 0.717) is 13.0 Å². The Bertz CT molecular complexity index is 483.